The third kappa shape index (κ3) is 3.24. The molecule has 1 amide bonds. The van der Waals surface area contributed by atoms with E-state index >= 15 is 0 Å². The summed E-state index contributed by atoms with van der Waals surface area (Å²) in [5.74, 6) is -0.187. The lowest BCUT2D eigenvalue weighted by atomic mass is 10.2. The number of nitrogens with zero attached hydrogens (tertiary/aromatic N) is 1. The van der Waals surface area contributed by atoms with Crippen molar-refractivity contribution in [1.82, 2.24) is 10.3 Å². The number of aromatic nitrogens is 1. The van der Waals surface area contributed by atoms with Crippen molar-refractivity contribution in [3.05, 3.63) is 16.1 Å². The van der Waals surface area contributed by atoms with Gasteiger partial charge in [-0.05, 0) is 19.8 Å². The van der Waals surface area contributed by atoms with E-state index in [1.165, 1.54) is 11.3 Å². The summed E-state index contributed by atoms with van der Waals surface area (Å²) in [6, 6.07) is 0. The molecule has 1 aromatic heterocycles. The van der Waals surface area contributed by atoms with E-state index in [1.54, 1.807) is 13.1 Å². The molecule has 2 rings (SSSR count). The minimum absolute atomic E-state index is 0.0540. The summed E-state index contributed by atoms with van der Waals surface area (Å²) in [6.45, 7) is 2.66. The molecule has 0 spiro atoms. The Balaban J connectivity index is 1.95. The van der Waals surface area contributed by atoms with Crippen molar-refractivity contribution in [3.8, 4) is 0 Å². The summed E-state index contributed by atoms with van der Waals surface area (Å²) < 4.78 is 5.51. The molecule has 1 aliphatic rings. The van der Waals surface area contributed by atoms with E-state index in [4.69, 9.17) is 9.84 Å². The Morgan fingerprint density at radius 3 is 3.29 bits per heavy atom. The van der Waals surface area contributed by atoms with Gasteiger partial charge in [0, 0.05) is 13.2 Å². The Hall–Kier alpha value is -0.980. The van der Waals surface area contributed by atoms with Gasteiger partial charge in [-0.2, -0.15) is 0 Å². The average Bonchev–Trinajstić information content (AvgIpc) is 2.94. The number of hydrogen-bond donors (Lipinski definition) is 2. The van der Waals surface area contributed by atoms with E-state index < -0.39 is 6.10 Å². The zero-order valence-electron chi connectivity index (χ0n) is 9.68. The molecule has 94 valence electrons. The second kappa shape index (κ2) is 5.57. The topological polar surface area (TPSA) is 71.5 Å². The minimum atomic E-state index is -0.537. The van der Waals surface area contributed by atoms with Crippen LogP contribution < -0.4 is 5.32 Å². The Morgan fingerprint density at radius 2 is 2.65 bits per heavy atom. The first kappa shape index (κ1) is 12.5. The highest BCUT2D eigenvalue weighted by Crippen LogP contribution is 2.31. The second-order valence-electron chi connectivity index (χ2n) is 4.12. The van der Waals surface area contributed by atoms with Gasteiger partial charge in [0.05, 0.1) is 12.3 Å². The molecule has 1 aromatic rings. The lowest BCUT2D eigenvalue weighted by Crippen LogP contribution is -2.29. The number of amides is 1. The van der Waals surface area contributed by atoms with E-state index in [-0.39, 0.29) is 18.6 Å². The molecule has 0 bridgehead atoms. The smallest absolute Gasteiger partial charge is 0.263 e. The highest BCUT2D eigenvalue weighted by Gasteiger charge is 2.22. The van der Waals surface area contributed by atoms with Crippen LogP contribution in [-0.4, -0.2) is 35.3 Å². The van der Waals surface area contributed by atoms with Gasteiger partial charge in [-0.1, -0.05) is 0 Å². The number of hydrogen-bond acceptors (Lipinski definition) is 5. The molecule has 0 radical (unpaired) electrons. The van der Waals surface area contributed by atoms with Crippen LogP contribution in [0.2, 0.25) is 0 Å². The van der Waals surface area contributed by atoms with Gasteiger partial charge in [0.2, 0.25) is 0 Å². The van der Waals surface area contributed by atoms with Crippen molar-refractivity contribution in [3.63, 3.8) is 0 Å². The van der Waals surface area contributed by atoms with Crippen LogP contribution in [0.15, 0.2) is 6.20 Å². The maximum Gasteiger partial charge on any atom is 0.263 e. The van der Waals surface area contributed by atoms with Crippen molar-refractivity contribution in [1.29, 1.82) is 0 Å². The number of ether oxygens (including phenoxy) is 1. The van der Waals surface area contributed by atoms with Crippen LogP contribution in [-0.2, 0) is 4.74 Å². The van der Waals surface area contributed by atoms with Gasteiger partial charge in [-0.25, -0.2) is 4.98 Å². The first-order chi connectivity index (χ1) is 8.16. The fraction of sp³-hybridized carbons (Fsp3) is 0.636. The summed E-state index contributed by atoms with van der Waals surface area (Å²) in [6.07, 6.45) is 3.11. The van der Waals surface area contributed by atoms with Gasteiger partial charge >= 0.3 is 0 Å². The molecule has 2 N–H and O–H groups in total. The minimum Gasteiger partial charge on any atom is -0.392 e. The van der Waals surface area contributed by atoms with Gasteiger partial charge in [0.15, 0.2) is 0 Å². The first-order valence-electron chi connectivity index (χ1n) is 5.70. The summed E-state index contributed by atoms with van der Waals surface area (Å²) in [4.78, 5) is 16.5. The lowest BCUT2D eigenvalue weighted by Gasteiger charge is -2.05. The molecule has 2 atom stereocenters. The normalized spacial score (nSPS) is 21.4. The van der Waals surface area contributed by atoms with Gasteiger partial charge < -0.3 is 15.2 Å². The second-order valence-corrected chi connectivity index (χ2v) is 5.19. The monoisotopic (exact) mass is 256 g/mol. The zero-order valence-corrected chi connectivity index (χ0v) is 10.5. The van der Waals surface area contributed by atoms with Crippen molar-refractivity contribution < 1.29 is 14.6 Å². The highest BCUT2D eigenvalue weighted by atomic mass is 32.1. The SMILES string of the molecule is CC(O)CNC(=O)c1cnc(C2CCCO2)s1. The molecule has 2 heterocycles. The van der Waals surface area contributed by atoms with Gasteiger partial charge in [0.25, 0.3) is 5.91 Å². The predicted octanol–water partition coefficient (Wildman–Crippen LogP) is 1.11. The van der Waals surface area contributed by atoms with Crippen molar-refractivity contribution in [2.75, 3.05) is 13.2 Å². The number of nitrogens with one attached hydrogen (secondary N) is 1. The van der Waals surface area contributed by atoms with Crippen molar-refractivity contribution in [2.45, 2.75) is 32.0 Å². The quantitative estimate of drug-likeness (QED) is 0.846. The lowest BCUT2D eigenvalue weighted by molar-refractivity contribution is 0.0928. The maximum atomic E-state index is 11.7. The average molecular weight is 256 g/mol. The Morgan fingerprint density at radius 1 is 1.82 bits per heavy atom. The fourth-order valence-corrected chi connectivity index (χ4v) is 2.56. The fourth-order valence-electron chi connectivity index (χ4n) is 1.64. The molecule has 6 heteroatoms. The van der Waals surface area contributed by atoms with E-state index in [0.717, 1.165) is 24.5 Å². The predicted molar refractivity (Wildman–Crippen MR) is 64.1 cm³/mol. The number of rotatable bonds is 4. The molecular weight excluding hydrogens is 240 g/mol. The summed E-state index contributed by atoms with van der Waals surface area (Å²) in [7, 11) is 0. The first-order valence-corrected chi connectivity index (χ1v) is 6.52. The molecule has 1 saturated heterocycles. The third-order valence-corrected chi connectivity index (χ3v) is 3.60. The number of aliphatic hydroxyl groups excluding tert-OH is 1. The van der Waals surface area contributed by atoms with E-state index in [0.29, 0.717) is 4.88 Å². The molecule has 5 nitrogen and oxygen atoms in total. The number of carbonyl (C=O) groups is 1. The van der Waals surface area contributed by atoms with E-state index in [1.807, 2.05) is 0 Å². The van der Waals surface area contributed by atoms with Crippen LogP contribution in [0.3, 0.4) is 0 Å². The van der Waals surface area contributed by atoms with Crippen LogP contribution in [0.5, 0.6) is 0 Å². The maximum absolute atomic E-state index is 11.7. The van der Waals surface area contributed by atoms with Gasteiger partial charge in [0.1, 0.15) is 16.0 Å². The van der Waals surface area contributed by atoms with Crippen molar-refractivity contribution >= 4 is 17.2 Å². The number of carbonyl (C=O) groups excluding carboxylic acids is 1. The molecule has 0 aliphatic carbocycles. The van der Waals surface area contributed by atoms with Crippen LogP contribution in [0, 0.1) is 0 Å². The molecule has 0 aromatic carbocycles. The van der Waals surface area contributed by atoms with Gasteiger partial charge in [-0.3, -0.25) is 4.79 Å². The summed E-state index contributed by atoms with van der Waals surface area (Å²) >= 11 is 1.36. The molecule has 1 fully saturated rings. The molecule has 0 saturated carbocycles. The molecule has 17 heavy (non-hydrogen) atoms. The molecule has 1 aliphatic heterocycles. The van der Waals surface area contributed by atoms with E-state index in [2.05, 4.69) is 10.3 Å². The summed E-state index contributed by atoms with van der Waals surface area (Å²) in [5, 5.41) is 12.6. The Bertz CT molecular complexity index is 386. The summed E-state index contributed by atoms with van der Waals surface area (Å²) in [5.41, 5.74) is 0. The zero-order chi connectivity index (χ0) is 12.3. The number of aliphatic hydroxyl groups is 1. The van der Waals surface area contributed by atoms with Crippen LogP contribution in [0.1, 0.15) is 40.5 Å². The van der Waals surface area contributed by atoms with Crippen LogP contribution >= 0.6 is 11.3 Å². The Kier molecular flexibility index (Phi) is 4.09. The third-order valence-electron chi connectivity index (χ3n) is 2.51. The van der Waals surface area contributed by atoms with E-state index in [9.17, 15) is 4.79 Å². The molecular formula is C11H16N2O3S. The Labute approximate surface area is 104 Å². The van der Waals surface area contributed by atoms with Crippen LogP contribution in [0.25, 0.3) is 0 Å². The van der Waals surface area contributed by atoms with Crippen molar-refractivity contribution in [2.24, 2.45) is 0 Å². The molecule has 2 unspecified atom stereocenters. The van der Waals surface area contributed by atoms with Gasteiger partial charge in [-0.15, -0.1) is 11.3 Å². The largest absolute Gasteiger partial charge is 0.392 e. The standard InChI is InChI=1S/C11H16N2O3S/c1-7(14)5-12-10(15)9-6-13-11(17-9)8-3-2-4-16-8/h6-8,14H,2-5H2,1H3,(H,12,15). The van der Waals surface area contributed by atoms with Crippen LogP contribution in [0.4, 0.5) is 0 Å². The number of thiazole rings is 1. The highest BCUT2D eigenvalue weighted by molar-refractivity contribution is 7.13.